The molecule has 1 aliphatic heterocycles. The number of nitrogens with zero attached hydrogens (tertiary/aromatic N) is 5. The summed E-state index contributed by atoms with van der Waals surface area (Å²) < 4.78 is 29.1. The van der Waals surface area contributed by atoms with E-state index in [1.54, 1.807) is 40.9 Å². The van der Waals surface area contributed by atoms with Gasteiger partial charge in [-0.2, -0.15) is 0 Å². The van der Waals surface area contributed by atoms with Gasteiger partial charge in [-0.1, -0.05) is 18.5 Å². The first-order valence-corrected chi connectivity index (χ1v) is 13.0. The molecule has 0 atom stereocenters. The molecule has 0 saturated carbocycles. The van der Waals surface area contributed by atoms with Crippen LogP contribution in [0.5, 0.6) is 5.75 Å². The normalized spacial score (nSPS) is 13.7. The Morgan fingerprint density at radius 2 is 2.06 bits per heavy atom. The summed E-state index contributed by atoms with van der Waals surface area (Å²) in [6.45, 7) is 3.37. The number of aromatic nitrogens is 2. The Morgan fingerprint density at radius 3 is 2.74 bits per heavy atom. The Kier molecular flexibility index (Phi) is 7.45. The quantitative estimate of drug-likeness (QED) is 0.405. The van der Waals surface area contributed by atoms with Gasteiger partial charge in [-0.25, -0.2) is 4.98 Å². The molecule has 2 aromatic heterocycles. The molecular formula is C22H23ClFN6O3Tl. The van der Waals surface area contributed by atoms with Gasteiger partial charge in [0.15, 0.2) is 5.75 Å². The Hall–Kier alpha value is -2.61. The van der Waals surface area contributed by atoms with Crippen LogP contribution in [0.1, 0.15) is 28.7 Å². The summed E-state index contributed by atoms with van der Waals surface area (Å²) in [5.41, 5.74) is 2.57. The van der Waals surface area contributed by atoms with E-state index in [-0.39, 0.29) is 12.5 Å². The van der Waals surface area contributed by atoms with E-state index in [0.29, 0.717) is 84.1 Å². The number of methoxy groups -OCH3 is 2. The van der Waals surface area contributed by atoms with Crippen LogP contribution in [0.15, 0.2) is 35.6 Å². The van der Waals surface area contributed by atoms with Crippen LogP contribution in [-0.4, -0.2) is 77.4 Å². The molecule has 1 amide bonds. The van der Waals surface area contributed by atoms with Crippen LogP contribution in [0.4, 0.5) is 10.1 Å². The Bertz CT molecular complexity index is 1270. The molecule has 0 aliphatic carbocycles. The van der Waals surface area contributed by atoms with Crippen molar-refractivity contribution < 1.29 is 18.7 Å². The monoisotopic (exact) mass is 678 g/mol. The molecule has 0 saturated heterocycles. The van der Waals surface area contributed by atoms with Crippen LogP contribution in [-0.2, 0) is 17.7 Å². The van der Waals surface area contributed by atoms with Crippen molar-refractivity contribution >= 4 is 60.9 Å². The minimum atomic E-state index is -0.418. The molecule has 9 nitrogen and oxygen atoms in total. The van der Waals surface area contributed by atoms with Crippen LogP contribution in [0.25, 0.3) is 5.65 Å². The number of hydrazone groups is 1. The zero-order valence-corrected chi connectivity index (χ0v) is 24.3. The molecule has 4 rings (SSSR count). The average Bonchev–Trinajstić information content (AvgIpc) is 3.19. The molecule has 0 bridgehead atoms. The van der Waals surface area contributed by atoms with Crippen molar-refractivity contribution in [1.29, 1.82) is 0 Å². The van der Waals surface area contributed by atoms with Gasteiger partial charge < -0.3 is 4.74 Å². The molecule has 0 spiro atoms. The maximum absolute atomic E-state index is 14.9. The summed E-state index contributed by atoms with van der Waals surface area (Å²) >= 11 is 6.76. The van der Waals surface area contributed by atoms with Gasteiger partial charge in [0.1, 0.15) is 5.65 Å². The number of benzene rings is 1. The fourth-order valence-corrected chi connectivity index (χ4v) is 4.99. The predicted molar refractivity (Wildman–Crippen MR) is 128 cm³/mol. The molecule has 34 heavy (non-hydrogen) atoms. The number of carbonyl (C=O) groups excluding carboxylic acids is 1. The number of amidine groups is 1. The Balaban J connectivity index is 1.53. The van der Waals surface area contributed by atoms with Crippen LogP contribution < -0.4 is 15.1 Å². The number of pyridine rings is 1. The number of ether oxygens (including phenoxy) is 2. The van der Waals surface area contributed by atoms with Gasteiger partial charge in [0, 0.05) is 6.07 Å². The average molecular weight is 678 g/mol. The van der Waals surface area contributed by atoms with Crippen molar-refractivity contribution in [2.24, 2.45) is 5.10 Å². The predicted octanol–water partition coefficient (Wildman–Crippen LogP) is 2.75. The standard InChI is InChI=1S/C22H24ClFN6O3.Tl/c1-4-16-20(29-12-18(32-2)14(23)10-19(29)27-16)21(31)26-11-13-5-6-17(15(24)9-13)30-8-7-25-22(28-30)33-3;/h5-6,9-10,12H,4,7-8,11H2,1-3H3,(H2,25,26,28,31);/q;+1/p-1. The number of rotatable bonds is 6. The van der Waals surface area contributed by atoms with Gasteiger partial charge in [0.2, 0.25) is 0 Å². The van der Waals surface area contributed by atoms with E-state index in [4.69, 9.17) is 21.1 Å². The van der Waals surface area contributed by atoms with Gasteiger partial charge in [-0.15, -0.1) is 0 Å². The summed E-state index contributed by atoms with van der Waals surface area (Å²) in [5.74, 6) is -0.304. The molecule has 1 N–H and O–H groups in total. The zero-order valence-electron chi connectivity index (χ0n) is 19.0. The molecular weight excluding hydrogens is 655 g/mol. The molecule has 0 fully saturated rings. The third kappa shape index (κ3) is 4.78. The van der Waals surface area contributed by atoms with Crippen molar-refractivity contribution in [3.05, 3.63) is 58.3 Å². The van der Waals surface area contributed by atoms with E-state index in [0.717, 1.165) is 6.54 Å². The van der Waals surface area contributed by atoms with E-state index in [1.165, 1.54) is 13.2 Å². The van der Waals surface area contributed by atoms with E-state index < -0.39 is 5.82 Å². The Morgan fingerprint density at radius 1 is 1.26 bits per heavy atom. The molecule has 3 aromatic rings. The van der Waals surface area contributed by atoms with Crippen LogP contribution in [0.3, 0.4) is 0 Å². The van der Waals surface area contributed by atoms with E-state index in [1.807, 2.05) is 9.63 Å². The summed E-state index contributed by atoms with van der Waals surface area (Å²) in [6.07, 6.45) is 2.20. The van der Waals surface area contributed by atoms with E-state index in [9.17, 15) is 9.18 Å². The molecule has 12 heteroatoms. The van der Waals surface area contributed by atoms with Gasteiger partial charge in [-0.05, 0) is 6.42 Å². The number of nitrogens with one attached hydrogen (secondary N) is 1. The Labute approximate surface area is 217 Å². The molecule has 1 aliphatic rings. The van der Waals surface area contributed by atoms with Crippen LogP contribution in [0.2, 0.25) is 5.02 Å². The molecule has 176 valence electrons. The van der Waals surface area contributed by atoms with Gasteiger partial charge >= 0.3 is 138 Å². The van der Waals surface area contributed by atoms with Gasteiger partial charge in [0.05, 0.1) is 24.0 Å². The number of hydrogen-bond donors (Lipinski definition) is 1. The van der Waals surface area contributed by atoms with Crippen molar-refractivity contribution in [2.45, 2.75) is 19.9 Å². The van der Waals surface area contributed by atoms with Gasteiger partial charge in [0.25, 0.3) is 0 Å². The van der Waals surface area contributed by atoms with Crippen molar-refractivity contribution in [1.82, 2.24) is 17.4 Å². The number of hydrogen-bond acceptors (Lipinski definition) is 7. The molecule has 1 aromatic carbocycles. The molecule has 0 unspecified atom stereocenters. The zero-order chi connectivity index (χ0) is 24.4. The topological polar surface area (TPSA) is 83.7 Å². The number of halogens is 2. The summed E-state index contributed by atoms with van der Waals surface area (Å²) in [4.78, 5) is 17.6. The first-order valence-electron chi connectivity index (χ1n) is 10.6. The van der Waals surface area contributed by atoms with E-state index >= 15 is 0 Å². The van der Waals surface area contributed by atoms with Crippen molar-refractivity contribution in [3.63, 3.8) is 0 Å². The number of amides is 1. The van der Waals surface area contributed by atoms with Crippen LogP contribution in [0, 0.1) is 5.82 Å². The first kappa shape index (κ1) is 24.5. The number of imidazole rings is 1. The first-order chi connectivity index (χ1) is 16.4. The number of fused-ring (bicyclic) bond motifs is 1. The number of aryl methyl sites for hydroxylation is 1. The third-order valence-corrected chi connectivity index (χ3v) is 7.61. The second kappa shape index (κ2) is 10.3. The van der Waals surface area contributed by atoms with E-state index in [2.05, 4.69) is 15.4 Å². The minimum absolute atomic E-state index is 0.152. The summed E-state index contributed by atoms with van der Waals surface area (Å²) in [6, 6.07) is 6.99. The van der Waals surface area contributed by atoms with Crippen molar-refractivity contribution in [3.8, 4) is 5.75 Å². The third-order valence-electron chi connectivity index (χ3n) is 5.45. The molecule has 0 radical (unpaired) electrons. The number of carbonyl (C=O) groups is 1. The van der Waals surface area contributed by atoms with Crippen molar-refractivity contribution in [2.75, 3.05) is 32.3 Å². The van der Waals surface area contributed by atoms with Gasteiger partial charge in [-0.3, -0.25) is 4.40 Å². The fourth-order valence-electron chi connectivity index (χ4n) is 3.71. The maximum atomic E-state index is 14.9. The summed E-state index contributed by atoms with van der Waals surface area (Å²) in [7, 11) is 3.06. The molecule has 3 heterocycles. The number of anilines is 1. The second-order valence-electron chi connectivity index (χ2n) is 7.55. The SMILES string of the molecule is CCc1nc2cc(Cl)c(OC)cn2c1C(=O)NCc1ccc(N2CC[N]([Tl])C(OC)=N2)c(F)c1. The fraction of sp³-hybridized carbons (Fsp3) is 0.318. The van der Waals surface area contributed by atoms with Crippen LogP contribution >= 0.6 is 11.6 Å². The summed E-state index contributed by atoms with van der Waals surface area (Å²) in [5, 5.41) is 9.25. The second-order valence-corrected chi connectivity index (χ2v) is 10.4.